The van der Waals surface area contributed by atoms with E-state index in [-0.39, 0.29) is 33.8 Å². The fraction of sp³-hybridized carbons (Fsp3) is 0.205. The monoisotopic (exact) mass is 1180 g/mol. The number of rotatable bonds is 10. The van der Waals surface area contributed by atoms with Crippen LogP contribution < -0.4 is 9.30 Å². The first-order valence-electron chi connectivity index (χ1n) is 48.3. The van der Waals surface area contributed by atoms with Crippen LogP contribution >= 0.6 is 0 Å². The molecule has 2 aliphatic carbocycles. The van der Waals surface area contributed by atoms with Crippen molar-refractivity contribution in [3.05, 3.63) is 271 Å². The summed E-state index contributed by atoms with van der Waals surface area (Å²) < 4.78 is 395. The van der Waals surface area contributed by atoms with Gasteiger partial charge < -0.3 is 4.74 Å². The molecule has 13 aromatic rings. The second kappa shape index (κ2) is 20.8. The molecule has 5 heteroatoms. The molecule has 2 aliphatic rings. The van der Waals surface area contributed by atoms with Crippen LogP contribution in [-0.4, -0.2) is 14.1 Å². The third kappa shape index (κ3) is 9.45. The number of imidazole rings is 1. The first-order chi connectivity index (χ1) is 59.3. The van der Waals surface area contributed by atoms with Crippen molar-refractivity contribution in [2.24, 2.45) is 0 Å². The molecule has 0 atom stereocenters. The van der Waals surface area contributed by atoms with Crippen LogP contribution in [0.5, 0.6) is 11.5 Å². The molecule has 3 aromatic heterocycles. The highest BCUT2D eigenvalue weighted by Gasteiger charge is 2.39. The van der Waals surface area contributed by atoms with Crippen molar-refractivity contribution in [2.45, 2.75) is 109 Å². The predicted molar refractivity (Wildman–Crippen MR) is 365 cm³/mol. The van der Waals surface area contributed by atoms with E-state index < -0.39 is 195 Å². The molecule has 15 rings (SSSR count). The number of pyridine rings is 1. The number of aromatic nitrogens is 4. The van der Waals surface area contributed by atoms with E-state index in [1.165, 1.54) is 29.0 Å². The maximum absolute atomic E-state index is 10.6. The zero-order valence-electron chi connectivity index (χ0n) is 87.2. The van der Waals surface area contributed by atoms with E-state index >= 15 is 0 Å². The molecule has 10 aromatic carbocycles. The van der Waals surface area contributed by atoms with Crippen molar-refractivity contribution in [1.29, 1.82) is 0 Å². The van der Waals surface area contributed by atoms with Crippen molar-refractivity contribution in [3.8, 4) is 84.3 Å². The molecule has 5 nitrogen and oxygen atoms in total. The van der Waals surface area contributed by atoms with Crippen molar-refractivity contribution < 1.29 is 65.5 Å². The lowest BCUT2D eigenvalue weighted by atomic mass is 9.62. The molecule has 0 spiro atoms. The van der Waals surface area contributed by atoms with Crippen LogP contribution in [0.1, 0.15) is 164 Å². The smallest absolute Gasteiger partial charge is 0.269 e. The van der Waals surface area contributed by atoms with Gasteiger partial charge in [-0.2, -0.15) is 0 Å². The standard InChI is InChI=1S/C83H74N4O/c1-54-52-84-78(51-69(54)57-26-17-12-18-27-57)87-74-31-20-19-28-67(74)68-36-35-63(50-76(68)87)88-64-45-61(56-24-15-11-16-25-56)44-62(49-64)85-53-86(75-39-34-58(48-77(75)85)55-22-13-10-14-23-55)79-65(59-32-37-70-72(46-59)82(6,7)42-40-80(70,2)3)29-21-30-66(79)60-33-38-71-73(47-60)83(8,9)43-41-81(71,4)5/h10-39,44-52H,40-43H2,1-9H3/i1D3,2D3,3D3,4D3,5D3,6D3,7D3,8D3,9D3,32D,33D,37D,38D,40D2,41D2,42D2,43D2,46D,47D. The average molecular weight is 1180 g/mol. The Balaban J connectivity index is 1.12. The molecule has 3 heterocycles. The maximum Gasteiger partial charge on any atom is 0.269 e. The molecule has 0 N–H and O–H groups in total. The summed E-state index contributed by atoms with van der Waals surface area (Å²) in [7, 11) is 0. The van der Waals surface area contributed by atoms with E-state index in [1.54, 1.807) is 133 Å². The summed E-state index contributed by atoms with van der Waals surface area (Å²) in [6.45, 7) is -39.4. The van der Waals surface area contributed by atoms with Crippen LogP contribution in [0.4, 0.5) is 0 Å². The number of fused-ring (bicyclic) bond motifs is 6. The lowest BCUT2D eigenvalue weighted by Gasteiger charge is -2.42. The summed E-state index contributed by atoms with van der Waals surface area (Å²) in [5.41, 5.74) is -28.5. The van der Waals surface area contributed by atoms with E-state index in [4.69, 9.17) is 30.3 Å². The molecule has 0 fully saturated rings. The van der Waals surface area contributed by atoms with Gasteiger partial charge in [0.05, 0.1) is 41.7 Å². The Labute approximate surface area is 575 Å². The van der Waals surface area contributed by atoms with Gasteiger partial charge in [-0.15, -0.1) is 0 Å². The van der Waals surface area contributed by atoms with E-state index in [0.29, 0.717) is 55.6 Å². The van der Waals surface area contributed by atoms with E-state index in [9.17, 15) is 35.6 Å². The Hall–Kier alpha value is -9.58. The second-order valence-corrected chi connectivity index (χ2v) is 21.7. The number of nitrogens with zero attached hydrogens (tertiary/aromatic N) is 4. The molecular formula is C83H74N4O. The largest absolute Gasteiger partial charge is 0.458 e. The highest BCUT2D eigenvalue weighted by molar-refractivity contribution is 6.09. The van der Waals surface area contributed by atoms with Gasteiger partial charge in [0.2, 0.25) is 0 Å². The molecular weight excluding hydrogens is 1070 g/mol. The molecule has 88 heavy (non-hydrogen) atoms. The van der Waals surface area contributed by atoms with Gasteiger partial charge in [0.15, 0.2) is 0 Å². The third-order valence-corrected chi connectivity index (χ3v) is 15.9. The molecule has 0 aliphatic heterocycles. The number of hydrogen-bond acceptors (Lipinski definition) is 2. The quantitative estimate of drug-likeness (QED) is 0.101. The van der Waals surface area contributed by atoms with Gasteiger partial charge in [0, 0.05) is 71.0 Å². The van der Waals surface area contributed by atoms with Gasteiger partial charge >= 0.3 is 0 Å². The molecule has 0 bridgehead atoms. The molecule has 0 saturated carbocycles. The average Bonchev–Trinajstić information content (AvgIpc) is 0.780. The Kier molecular flexibility index (Phi) is 6.24. The van der Waals surface area contributed by atoms with Gasteiger partial charge in [-0.3, -0.25) is 13.7 Å². The number of aryl methyl sites for hydroxylation is 1. The molecule has 0 unspecified atom stereocenters. The van der Waals surface area contributed by atoms with Crippen molar-refractivity contribution in [1.82, 2.24) is 14.1 Å². The minimum absolute atomic E-state index is 0.0162. The zero-order chi connectivity index (χ0) is 95.2. The normalized spacial score (nSPS) is 25.9. The van der Waals surface area contributed by atoms with Crippen LogP contribution in [0, 0.1) is 13.2 Å². The van der Waals surface area contributed by atoms with Crippen molar-refractivity contribution in [3.63, 3.8) is 0 Å². The Morgan fingerprint density at radius 1 is 0.466 bits per heavy atom. The summed E-state index contributed by atoms with van der Waals surface area (Å²) in [6, 6.07) is 41.5. The molecule has 0 saturated heterocycles. The van der Waals surface area contributed by atoms with Gasteiger partial charge in [-0.1, -0.05) is 231 Å². The van der Waals surface area contributed by atoms with Crippen molar-refractivity contribution >= 4 is 32.8 Å². The summed E-state index contributed by atoms with van der Waals surface area (Å²) in [5, 5.41) is 1.44. The minimum Gasteiger partial charge on any atom is -0.458 e. The predicted octanol–water partition coefficient (Wildman–Crippen LogP) is 21.3. The summed E-state index contributed by atoms with van der Waals surface area (Å²) >= 11 is 0. The Bertz CT molecular complexity index is 6480. The Morgan fingerprint density at radius 3 is 1.67 bits per heavy atom. The summed E-state index contributed by atoms with van der Waals surface area (Å²) in [6.07, 6.45) is -14.9. The van der Waals surface area contributed by atoms with E-state index in [1.807, 2.05) is 28.8 Å². The minimum atomic E-state index is -4.90. The Morgan fingerprint density at radius 2 is 1.05 bits per heavy atom. The van der Waals surface area contributed by atoms with Crippen LogP contribution in [-0.2, 0) is 21.7 Å². The topological polar surface area (TPSA) is 35.9 Å². The van der Waals surface area contributed by atoms with E-state index in [2.05, 4.69) is 6.33 Å². The fourth-order valence-electron chi connectivity index (χ4n) is 11.7. The fourth-order valence-corrected chi connectivity index (χ4v) is 11.7. The van der Waals surface area contributed by atoms with Gasteiger partial charge in [0.25, 0.3) is 6.33 Å². The van der Waals surface area contributed by atoms with Crippen LogP contribution in [0.3, 0.4) is 0 Å². The molecule has 432 valence electrons. The number of hydrogen-bond donors (Lipinski definition) is 0. The van der Waals surface area contributed by atoms with Gasteiger partial charge in [-0.25, -0.2) is 4.98 Å². The van der Waals surface area contributed by atoms with Crippen molar-refractivity contribution in [2.75, 3.05) is 0 Å². The zero-order valence-corrected chi connectivity index (χ0v) is 46.2. The van der Waals surface area contributed by atoms with Crippen LogP contribution in [0.15, 0.2) is 237 Å². The summed E-state index contributed by atoms with van der Waals surface area (Å²) in [4.78, 5) is 4.76. The number of ether oxygens (including phenoxy) is 1. The first-order valence-corrected chi connectivity index (χ1v) is 27.8. The number of benzene rings is 10. The highest BCUT2D eigenvalue weighted by Crippen LogP contribution is 2.50. The number of para-hydroxylation sites is 2. The highest BCUT2D eigenvalue weighted by atomic mass is 16.5. The lowest BCUT2D eigenvalue weighted by Crippen LogP contribution is -2.34. The lowest BCUT2D eigenvalue weighted by molar-refractivity contribution is -0.571. The summed E-state index contributed by atoms with van der Waals surface area (Å²) in [5.74, 6) is 0.509. The first kappa shape index (κ1) is 26.4. The van der Waals surface area contributed by atoms with Crippen LogP contribution in [0.25, 0.3) is 106 Å². The molecule has 0 amide bonds. The van der Waals surface area contributed by atoms with E-state index in [0.717, 1.165) is 28.2 Å². The van der Waals surface area contributed by atoms with Gasteiger partial charge in [-0.05, 0) is 186 Å². The second-order valence-electron chi connectivity index (χ2n) is 21.7. The van der Waals surface area contributed by atoms with Crippen LogP contribution in [0.2, 0.25) is 0 Å². The SMILES string of the molecule is [2H]c1c([2H])c2c(c([2H])c1-c1cccc(-c3c([2H])c([2H])c4c(c3[2H])C(C([2H])([2H])[2H])(C([2H])([2H])[2H])C([2H])([2H])C([2H])([2H])C4(C([2H])([2H])[2H])C([2H])([2H])[2H])c1-[n+]1[c-]n(-c3cc(Oc4ccc5c6ccccc6n(-c6cc(-c7ccccc7)c(C([2H])([2H])[2H])cn6)c5c4)cc(-c4ccccc4)c3)c3cc(-c4ccccc4)ccc31)C(C([2H])([2H])[2H])(C([2H])([2H])[2H])C([2H])([2H])C([2H])([2H])C2(C([2H])([2H])[2H])C([2H])([2H])[2H]. The molecule has 0 radical (unpaired) electrons. The van der Waals surface area contributed by atoms with Gasteiger partial charge in [0.1, 0.15) is 17.3 Å². The maximum atomic E-state index is 10.6. The third-order valence-electron chi connectivity index (χ3n) is 15.9.